The maximum absolute atomic E-state index is 13.0. The van der Waals surface area contributed by atoms with Gasteiger partial charge in [-0.3, -0.25) is 24.5 Å². The number of nitrogens with zero attached hydrogens (tertiary/aromatic N) is 1. The van der Waals surface area contributed by atoms with Gasteiger partial charge in [-0.25, -0.2) is 0 Å². The van der Waals surface area contributed by atoms with Gasteiger partial charge in [0, 0.05) is 35.7 Å². The molecular formula is C18H18N2O6. The lowest BCUT2D eigenvalue weighted by Gasteiger charge is -2.36. The number of rotatable bonds is 3. The van der Waals surface area contributed by atoms with Gasteiger partial charge in [0.15, 0.2) is 5.78 Å². The Labute approximate surface area is 149 Å². The normalized spacial score (nSPS) is 25.4. The van der Waals surface area contributed by atoms with Crippen LogP contribution in [0, 0.1) is 22.0 Å². The molecule has 1 aromatic rings. The van der Waals surface area contributed by atoms with E-state index < -0.39 is 22.7 Å². The van der Waals surface area contributed by atoms with E-state index in [1.54, 1.807) is 13.0 Å². The Kier molecular flexibility index (Phi) is 4.58. The van der Waals surface area contributed by atoms with Gasteiger partial charge in [-0.15, -0.1) is 0 Å². The highest BCUT2D eigenvalue weighted by molar-refractivity contribution is 6.11. The Morgan fingerprint density at radius 1 is 1.31 bits per heavy atom. The average Bonchev–Trinajstić information content (AvgIpc) is 2.60. The molecule has 1 aromatic carbocycles. The second-order valence-corrected chi connectivity index (χ2v) is 6.60. The van der Waals surface area contributed by atoms with E-state index in [2.05, 4.69) is 5.32 Å². The number of benzene rings is 1. The zero-order chi connectivity index (χ0) is 19.0. The maximum atomic E-state index is 13.0. The van der Waals surface area contributed by atoms with Gasteiger partial charge >= 0.3 is 5.97 Å². The molecule has 0 spiro atoms. The van der Waals surface area contributed by atoms with Crippen LogP contribution in [0.25, 0.3) is 0 Å². The molecule has 3 atom stereocenters. The lowest BCUT2D eigenvalue weighted by molar-refractivity contribution is -0.384. The number of carbonyl (C=O) groups is 3. The Morgan fingerprint density at radius 2 is 2.04 bits per heavy atom. The van der Waals surface area contributed by atoms with Crippen molar-refractivity contribution >= 4 is 23.3 Å². The number of ether oxygens (including phenoxy) is 1. The minimum atomic E-state index is -0.935. The van der Waals surface area contributed by atoms with Crippen LogP contribution < -0.4 is 5.32 Å². The van der Waals surface area contributed by atoms with E-state index in [-0.39, 0.29) is 29.7 Å². The third-order valence-electron chi connectivity index (χ3n) is 4.93. The molecular weight excluding hydrogens is 340 g/mol. The predicted molar refractivity (Wildman–Crippen MR) is 89.9 cm³/mol. The highest BCUT2D eigenvalue weighted by Crippen LogP contribution is 2.42. The van der Waals surface area contributed by atoms with Gasteiger partial charge in [0.2, 0.25) is 5.91 Å². The lowest BCUT2D eigenvalue weighted by atomic mass is 9.70. The zero-order valence-corrected chi connectivity index (χ0v) is 14.4. The molecule has 136 valence electrons. The quantitative estimate of drug-likeness (QED) is 0.381. The van der Waals surface area contributed by atoms with Crippen molar-refractivity contribution in [2.24, 2.45) is 11.8 Å². The number of Topliss-reactive ketones (excluding diaryl/α,β-unsaturated/α-hetero) is 1. The molecule has 2 aliphatic rings. The summed E-state index contributed by atoms with van der Waals surface area (Å²) in [5, 5.41) is 13.8. The van der Waals surface area contributed by atoms with Crippen LogP contribution in [0.2, 0.25) is 0 Å². The van der Waals surface area contributed by atoms with Crippen LogP contribution in [-0.2, 0) is 19.1 Å². The van der Waals surface area contributed by atoms with Crippen LogP contribution >= 0.6 is 0 Å². The van der Waals surface area contributed by atoms with Gasteiger partial charge in [-0.2, -0.15) is 0 Å². The number of ketones is 1. The molecule has 0 saturated carbocycles. The van der Waals surface area contributed by atoms with Crippen LogP contribution in [0.15, 0.2) is 35.5 Å². The molecule has 1 aliphatic carbocycles. The molecule has 1 aliphatic heterocycles. The molecule has 3 rings (SSSR count). The lowest BCUT2D eigenvalue weighted by Crippen LogP contribution is -2.44. The smallest absolute Gasteiger partial charge is 0.316 e. The predicted octanol–water partition coefficient (Wildman–Crippen LogP) is 1.85. The van der Waals surface area contributed by atoms with E-state index in [0.717, 1.165) is 0 Å². The van der Waals surface area contributed by atoms with Crippen LogP contribution in [0.4, 0.5) is 5.69 Å². The number of hydrogen-bond donors (Lipinski definition) is 1. The summed E-state index contributed by atoms with van der Waals surface area (Å²) in [6.07, 6.45) is 0.353. The minimum absolute atomic E-state index is 0.00594. The fourth-order valence-electron chi connectivity index (χ4n) is 3.74. The molecule has 0 aromatic heterocycles. The molecule has 1 heterocycles. The van der Waals surface area contributed by atoms with Crippen molar-refractivity contribution in [3.63, 3.8) is 0 Å². The maximum Gasteiger partial charge on any atom is 0.316 e. The van der Waals surface area contributed by atoms with E-state index in [9.17, 15) is 24.5 Å². The third kappa shape index (κ3) is 2.98. The van der Waals surface area contributed by atoms with Gasteiger partial charge in [-0.05, 0) is 17.9 Å². The van der Waals surface area contributed by atoms with Crippen molar-refractivity contribution < 1.29 is 24.0 Å². The molecule has 0 radical (unpaired) electrons. The van der Waals surface area contributed by atoms with Gasteiger partial charge in [0.25, 0.3) is 5.69 Å². The highest BCUT2D eigenvalue weighted by Gasteiger charge is 2.45. The molecule has 0 bridgehead atoms. The largest absolute Gasteiger partial charge is 0.468 e. The fraction of sp³-hybridized carbons (Fsp3) is 0.389. The number of carbonyl (C=O) groups excluding carboxylic acids is 3. The first-order valence-corrected chi connectivity index (χ1v) is 8.22. The standard InChI is InChI=1S/C18H18N2O6/c1-9-6-13-16(17(22)15(9)18(23)26-2)12(8-14(21)19-13)10-4-3-5-11(7-10)20(24)25/h3-5,7,9,12,15H,6,8H2,1-2H3,(H,19,21)/t9-,12+,15-/m0/s1. The summed E-state index contributed by atoms with van der Waals surface area (Å²) in [4.78, 5) is 47.8. The topological polar surface area (TPSA) is 116 Å². The number of amides is 1. The van der Waals surface area contributed by atoms with Crippen LogP contribution in [0.3, 0.4) is 0 Å². The summed E-state index contributed by atoms with van der Waals surface area (Å²) in [5.74, 6) is -3.11. The van der Waals surface area contributed by atoms with Crippen LogP contribution in [-0.4, -0.2) is 29.7 Å². The molecule has 1 N–H and O–H groups in total. The SMILES string of the molecule is COC(=O)[C@@H]1C(=O)C2=C(C[C@@H]1C)NC(=O)C[C@@H]2c1cccc([N+](=O)[O-])c1. The van der Waals surface area contributed by atoms with E-state index in [4.69, 9.17) is 4.74 Å². The molecule has 0 fully saturated rings. The summed E-state index contributed by atoms with van der Waals surface area (Å²) in [7, 11) is 1.23. The number of nitro groups is 1. The number of nitrogens with one attached hydrogen (secondary N) is 1. The summed E-state index contributed by atoms with van der Waals surface area (Å²) in [5.41, 5.74) is 1.24. The van der Waals surface area contributed by atoms with Crippen molar-refractivity contribution in [3.8, 4) is 0 Å². The highest BCUT2D eigenvalue weighted by atomic mass is 16.6. The molecule has 8 heteroatoms. The average molecular weight is 358 g/mol. The first-order valence-electron chi connectivity index (χ1n) is 8.22. The first kappa shape index (κ1) is 17.8. The Morgan fingerprint density at radius 3 is 2.69 bits per heavy atom. The Bertz CT molecular complexity index is 844. The van der Waals surface area contributed by atoms with Crippen molar-refractivity contribution in [1.29, 1.82) is 0 Å². The Hall–Kier alpha value is -3.03. The molecule has 26 heavy (non-hydrogen) atoms. The molecule has 0 saturated heterocycles. The second-order valence-electron chi connectivity index (χ2n) is 6.60. The van der Waals surface area contributed by atoms with Crippen molar-refractivity contribution in [3.05, 3.63) is 51.2 Å². The van der Waals surface area contributed by atoms with Crippen molar-refractivity contribution in [2.75, 3.05) is 7.11 Å². The van der Waals surface area contributed by atoms with E-state index in [1.807, 2.05) is 0 Å². The van der Waals surface area contributed by atoms with Crippen LogP contribution in [0.1, 0.15) is 31.2 Å². The minimum Gasteiger partial charge on any atom is -0.468 e. The van der Waals surface area contributed by atoms with Gasteiger partial charge in [0.1, 0.15) is 5.92 Å². The van der Waals surface area contributed by atoms with Crippen molar-refractivity contribution in [1.82, 2.24) is 5.32 Å². The number of esters is 1. The second kappa shape index (κ2) is 6.70. The molecule has 1 amide bonds. The summed E-state index contributed by atoms with van der Waals surface area (Å²) >= 11 is 0. The van der Waals surface area contributed by atoms with Gasteiger partial charge in [-0.1, -0.05) is 19.1 Å². The fourth-order valence-corrected chi connectivity index (χ4v) is 3.74. The molecule has 0 unspecified atom stereocenters. The number of nitro benzene ring substituents is 1. The summed E-state index contributed by atoms with van der Waals surface area (Å²) in [6, 6.07) is 5.89. The monoisotopic (exact) mass is 358 g/mol. The summed E-state index contributed by atoms with van der Waals surface area (Å²) in [6.45, 7) is 1.76. The van der Waals surface area contributed by atoms with Gasteiger partial charge in [0.05, 0.1) is 12.0 Å². The first-order chi connectivity index (χ1) is 12.3. The summed E-state index contributed by atoms with van der Waals surface area (Å²) < 4.78 is 4.76. The zero-order valence-electron chi connectivity index (χ0n) is 14.4. The van der Waals surface area contributed by atoms with E-state index in [0.29, 0.717) is 23.3 Å². The van der Waals surface area contributed by atoms with Crippen LogP contribution in [0.5, 0.6) is 0 Å². The number of methoxy groups -OCH3 is 1. The van der Waals surface area contributed by atoms with E-state index >= 15 is 0 Å². The van der Waals surface area contributed by atoms with Crippen molar-refractivity contribution in [2.45, 2.75) is 25.7 Å². The molecule has 8 nitrogen and oxygen atoms in total. The van der Waals surface area contributed by atoms with Gasteiger partial charge < -0.3 is 10.1 Å². The number of non-ortho nitro benzene ring substituents is 1. The Balaban J connectivity index is 2.09. The number of hydrogen-bond acceptors (Lipinski definition) is 6. The third-order valence-corrected chi connectivity index (χ3v) is 4.93. The number of allylic oxidation sites excluding steroid dienone is 2. The van der Waals surface area contributed by atoms with E-state index in [1.165, 1.54) is 25.3 Å².